The van der Waals surface area contributed by atoms with Crippen molar-refractivity contribution in [2.45, 2.75) is 6.42 Å². The SMILES string of the molecule is COCCCOCCOc1ccc(F)cc1C(N)=S. The summed E-state index contributed by atoms with van der Waals surface area (Å²) in [7, 11) is 1.65. The molecule has 0 radical (unpaired) electrons. The predicted molar refractivity (Wildman–Crippen MR) is 75.1 cm³/mol. The molecule has 0 spiro atoms. The van der Waals surface area contributed by atoms with Crippen molar-refractivity contribution in [3.8, 4) is 5.75 Å². The van der Waals surface area contributed by atoms with Gasteiger partial charge in [-0.1, -0.05) is 12.2 Å². The van der Waals surface area contributed by atoms with Crippen molar-refractivity contribution < 1.29 is 18.6 Å². The largest absolute Gasteiger partial charge is 0.490 e. The van der Waals surface area contributed by atoms with Gasteiger partial charge >= 0.3 is 0 Å². The Labute approximate surface area is 117 Å². The van der Waals surface area contributed by atoms with Gasteiger partial charge < -0.3 is 19.9 Å². The van der Waals surface area contributed by atoms with Crippen molar-refractivity contribution in [2.24, 2.45) is 5.73 Å². The number of hydrogen-bond acceptors (Lipinski definition) is 4. The fourth-order valence-corrected chi connectivity index (χ4v) is 1.60. The summed E-state index contributed by atoms with van der Waals surface area (Å²) < 4.78 is 28.8. The summed E-state index contributed by atoms with van der Waals surface area (Å²) in [5.41, 5.74) is 5.91. The summed E-state index contributed by atoms with van der Waals surface area (Å²) >= 11 is 4.84. The van der Waals surface area contributed by atoms with Crippen LogP contribution in [-0.2, 0) is 9.47 Å². The van der Waals surface area contributed by atoms with Crippen molar-refractivity contribution in [1.82, 2.24) is 0 Å². The Morgan fingerprint density at radius 3 is 2.74 bits per heavy atom. The van der Waals surface area contributed by atoms with Gasteiger partial charge in [0.05, 0.1) is 12.2 Å². The van der Waals surface area contributed by atoms with E-state index in [1.807, 2.05) is 0 Å². The second-order valence-electron chi connectivity index (χ2n) is 3.81. The number of ether oxygens (including phenoxy) is 3. The lowest BCUT2D eigenvalue weighted by atomic mass is 10.2. The lowest BCUT2D eigenvalue weighted by Gasteiger charge is -2.11. The van der Waals surface area contributed by atoms with Crippen molar-refractivity contribution in [1.29, 1.82) is 0 Å². The van der Waals surface area contributed by atoms with E-state index in [2.05, 4.69) is 0 Å². The van der Waals surface area contributed by atoms with Crippen LogP contribution in [0, 0.1) is 5.82 Å². The first-order chi connectivity index (χ1) is 9.15. The fourth-order valence-electron chi connectivity index (χ4n) is 1.44. The second kappa shape index (κ2) is 8.79. The standard InChI is InChI=1S/C13H18FNO3S/c1-16-5-2-6-17-7-8-18-12-4-3-10(14)9-11(12)13(15)19/h3-4,9H,2,5-8H2,1H3,(H2,15,19). The summed E-state index contributed by atoms with van der Waals surface area (Å²) in [6.07, 6.45) is 0.838. The fraction of sp³-hybridized carbons (Fsp3) is 0.462. The number of methoxy groups -OCH3 is 1. The molecule has 0 saturated carbocycles. The molecule has 0 aliphatic rings. The normalized spacial score (nSPS) is 10.4. The molecule has 6 heteroatoms. The third-order valence-electron chi connectivity index (χ3n) is 2.33. The molecule has 0 amide bonds. The van der Waals surface area contributed by atoms with Gasteiger partial charge in [0.2, 0.25) is 0 Å². The van der Waals surface area contributed by atoms with Gasteiger partial charge in [-0.3, -0.25) is 0 Å². The van der Waals surface area contributed by atoms with Crippen LogP contribution in [0.1, 0.15) is 12.0 Å². The Kier molecular flexibility index (Phi) is 7.32. The maximum Gasteiger partial charge on any atom is 0.129 e. The highest BCUT2D eigenvalue weighted by Crippen LogP contribution is 2.19. The molecule has 0 heterocycles. The van der Waals surface area contributed by atoms with E-state index in [1.54, 1.807) is 7.11 Å². The molecule has 0 bridgehead atoms. The lowest BCUT2D eigenvalue weighted by Crippen LogP contribution is -2.14. The van der Waals surface area contributed by atoms with Gasteiger partial charge in [-0.25, -0.2) is 4.39 Å². The summed E-state index contributed by atoms with van der Waals surface area (Å²) in [6.45, 7) is 2.08. The topological polar surface area (TPSA) is 53.7 Å². The van der Waals surface area contributed by atoms with Crippen LogP contribution in [0.2, 0.25) is 0 Å². The number of halogens is 1. The molecule has 0 saturated heterocycles. The smallest absolute Gasteiger partial charge is 0.129 e. The summed E-state index contributed by atoms with van der Waals surface area (Å²) in [5, 5.41) is 0. The summed E-state index contributed by atoms with van der Waals surface area (Å²) in [4.78, 5) is 0.107. The molecule has 106 valence electrons. The summed E-state index contributed by atoms with van der Waals surface area (Å²) in [5.74, 6) is 0.0698. The minimum Gasteiger partial charge on any atom is -0.490 e. The quantitative estimate of drug-likeness (QED) is 0.555. The second-order valence-corrected chi connectivity index (χ2v) is 4.25. The van der Waals surface area contributed by atoms with Crippen LogP contribution in [0.3, 0.4) is 0 Å². The van der Waals surface area contributed by atoms with Gasteiger partial charge in [-0.2, -0.15) is 0 Å². The van der Waals surface area contributed by atoms with Crippen molar-refractivity contribution in [3.05, 3.63) is 29.6 Å². The maximum atomic E-state index is 13.1. The van der Waals surface area contributed by atoms with Crippen molar-refractivity contribution in [2.75, 3.05) is 33.5 Å². The number of hydrogen-bond donors (Lipinski definition) is 1. The third kappa shape index (κ3) is 5.96. The molecule has 0 aliphatic carbocycles. The molecular weight excluding hydrogens is 269 g/mol. The molecule has 0 aromatic heterocycles. The Bertz CT molecular complexity index is 415. The van der Waals surface area contributed by atoms with E-state index < -0.39 is 5.82 Å². The van der Waals surface area contributed by atoms with E-state index >= 15 is 0 Å². The zero-order valence-corrected chi connectivity index (χ0v) is 11.7. The third-order valence-corrected chi connectivity index (χ3v) is 2.55. The van der Waals surface area contributed by atoms with Crippen LogP contribution in [-0.4, -0.2) is 38.5 Å². The first-order valence-corrected chi connectivity index (χ1v) is 6.35. The average molecular weight is 287 g/mol. The molecule has 1 rings (SSSR count). The Hall–Kier alpha value is -1.24. The Balaban J connectivity index is 2.35. The minimum absolute atomic E-state index is 0.107. The molecular formula is C13H18FNO3S. The molecule has 4 nitrogen and oxygen atoms in total. The van der Waals surface area contributed by atoms with E-state index in [9.17, 15) is 4.39 Å². The molecule has 0 atom stereocenters. The van der Waals surface area contributed by atoms with Crippen LogP contribution in [0.15, 0.2) is 18.2 Å². The van der Waals surface area contributed by atoms with Crippen molar-refractivity contribution in [3.63, 3.8) is 0 Å². The molecule has 1 aromatic carbocycles. The summed E-state index contributed by atoms with van der Waals surface area (Å²) in [6, 6.07) is 4.07. The van der Waals surface area contributed by atoms with Gasteiger partial charge in [0.15, 0.2) is 0 Å². The lowest BCUT2D eigenvalue weighted by molar-refractivity contribution is 0.0806. The van der Waals surface area contributed by atoms with Crippen LogP contribution < -0.4 is 10.5 Å². The highest BCUT2D eigenvalue weighted by molar-refractivity contribution is 7.80. The van der Waals surface area contributed by atoms with E-state index in [4.69, 9.17) is 32.2 Å². The molecule has 19 heavy (non-hydrogen) atoms. The van der Waals surface area contributed by atoms with Gasteiger partial charge in [0, 0.05) is 20.3 Å². The van der Waals surface area contributed by atoms with Gasteiger partial charge in [-0.05, 0) is 24.6 Å². The molecule has 0 fully saturated rings. The van der Waals surface area contributed by atoms with E-state index in [0.29, 0.717) is 37.7 Å². The number of nitrogens with two attached hydrogens (primary N) is 1. The highest BCUT2D eigenvalue weighted by atomic mass is 32.1. The van der Waals surface area contributed by atoms with Crippen molar-refractivity contribution >= 4 is 17.2 Å². The van der Waals surface area contributed by atoms with Gasteiger partial charge in [-0.15, -0.1) is 0 Å². The maximum absolute atomic E-state index is 13.1. The zero-order valence-electron chi connectivity index (χ0n) is 10.9. The van der Waals surface area contributed by atoms with E-state index in [1.165, 1.54) is 18.2 Å². The first-order valence-electron chi connectivity index (χ1n) is 5.94. The Morgan fingerprint density at radius 2 is 2.05 bits per heavy atom. The predicted octanol–water partition coefficient (Wildman–Crippen LogP) is 1.89. The Morgan fingerprint density at radius 1 is 1.26 bits per heavy atom. The van der Waals surface area contributed by atoms with Crippen LogP contribution in [0.4, 0.5) is 4.39 Å². The number of rotatable bonds is 9. The van der Waals surface area contributed by atoms with Crippen LogP contribution >= 0.6 is 12.2 Å². The minimum atomic E-state index is -0.397. The molecule has 0 unspecified atom stereocenters. The monoisotopic (exact) mass is 287 g/mol. The van der Waals surface area contributed by atoms with Crippen LogP contribution in [0.25, 0.3) is 0 Å². The van der Waals surface area contributed by atoms with E-state index in [0.717, 1.165) is 6.42 Å². The highest BCUT2D eigenvalue weighted by Gasteiger charge is 2.07. The molecule has 0 aliphatic heterocycles. The average Bonchev–Trinajstić information content (AvgIpc) is 2.39. The molecule has 2 N–H and O–H groups in total. The van der Waals surface area contributed by atoms with E-state index in [-0.39, 0.29) is 4.99 Å². The zero-order chi connectivity index (χ0) is 14.1. The number of benzene rings is 1. The first kappa shape index (κ1) is 15.8. The van der Waals surface area contributed by atoms with Gasteiger partial charge in [0.1, 0.15) is 23.2 Å². The number of thiocarbonyl (C=S) groups is 1. The molecule has 1 aromatic rings. The van der Waals surface area contributed by atoms with Gasteiger partial charge in [0.25, 0.3) is 0 Å². The van der Waals surface area contributed by atoms with Crippen LogP contribution in [0.5, 0.6) is 5.75 Å².